The number of carboxylic acid groups (broad SMARTS) is 1. The Labute approximate surface area is 102 Å². The van der Waals surface area contributed by atoms with Crippen molar-refractivity contribution in [3.63, 3.8) is 0 Å². The highest BCUT2D eigenvalue weighted by Crippen LogP contribution is 2.16. The lowest BCUT2D eigenvalue weighted by Gasteiger charge is -1.99. The second-order valence-corrected chi connectivity index (χ2v) is 5.24. The molecule has 0 radical (unpaired) electrons. The summed E-state index contributed by atoms with van der Waals surface area (Å²) >= 11 is 0. The second kappa shape index (κ2) is 6.56. The van der Waals surface area contributed by atoms with Crippen molar-refractivity contribution in [3.8, 4) is 0 Å². The van der Waals surface area contributed by atoms with Crippen LogP contribution in [0.4, 0.5) is 0 Å². The first-order chi connectivity index (χ1) is 8.04. The molecule has 1 aromatic heterocycles. The number of furan rings is 1. The first-order valence-electron chi connectivity index (χ1n) is 5.21. The number of hydrogen-bond acceptors (Lipinski definition) is 4. The van der Waals surface area contributed by atoms with Crippen LogP contribution in [0.2, 0.25) is 0 Å². The number of aromatic carboxylic acids is 1. The third-order valence-corrected chi connectivity index (χ3v) is 3.54. The van der Waals surface area contributed by atoms with Crippen LogP contribution in [0.25, 0.3) is 0 Å². The summed E-state index contributed by atoms with van der Waals surface area (Å²) in [6, 6.07) is 1.62. The summed E-state index contributed by atoms with van der Waals surface area (Å²) in [4.78, 5) is 10.7. The van der Waals surface area contributed by atoms with Gasteiger partial charge in [0.25, 0.3) is 0 Å². The first-order valence-corrected chi connectivity index (χ1v) is 6.70. The summed E-state index contributed by atoms with van der Waals surface area (Å²) in [5.41, 5.74) is 0.557. The van der Waals surface area contributed by atoms with E-state index in [-0.39, 0.29) is 11.5 Å². The van der Waals surface area contributed by atoms with Crippen molar-refractivity contribution < 1.29 is 23.3 Å². The molecule has 17 heavy (non-hydrogen) atoms. The molecule has 0 aliphatic heterocycles. The lowest BCUT2D eigenvalue weighted by molar-refractivity contribution is 0.0659. The van der Waals surface area contributed by atoms with Gasteiger partial charge in [-0.1, -0.05) is 0 Å². The molecule has 0 spiro atoms. The molecule has 0 bridgehead atoms. The molecule has 1 rings (SSSR count). The highest BCUT2D eigenvalue weighted by atomic mass is 32.2. The first kappa shape index (κ1) is 13.9. The molecule has 1 aromatic rings. The number of methoxy groups -OCH3 is 1. The maximum atomic E-state index is 11.6. The maximum Gasteiger partial charge on any atom is 0.372 e. The molecule has 0 aromatic carbocycles. The van der Waals surface area contributed by atoms with Gasteiger partial charge in [-0.2, -0.15) is 0 Å². The van der Waals surface area contributed by atoms with Gasteiger partial charge >= 0.3 is 5.97 Å². The Balaban J connectivity index is 2.54. The van der Waals surface area contributed by atoms with Gasteiger partial charge in [0.1, 0.15) is 5.76 Å². The molecule has 6 heteroatoms. The van der Waals surface area contributed by atoms with E-state index in [4.69, 9.17) is 14.3 Å². The zero-order chi connectivity index (χ0) is 12.8. The van der Waals surface area contributed by atoms with Gasteiger partial charge in [-0.25, -0.2) is 4.79 Å². The van der Waals surface area contributed by atoms with Crippen molar-refractivity contribution in [2.24, 2.45) is 0 Å². The Bertz CT molecular complexity index is 410. The fraction of sp³-hybridized carbons (Fsp3) is 0.545. The minimum absolute atomic E-state index is 0.0751. The molecule has 0 fully saturated rings. The Kier molecular flexibility index (Phi) is 5.37. The summed E-state index contributed by atoms with van der Waals surface area (Å²) < 4.78 is 21.6. The number of ether oxygens (including phenoxy) is 1. The molecule has 96 valence electrons. The molecule has 0 saturated carbocycles. The van der Waals surface area contributed by atoms with Crippen molar-refractivity contribution in [3.05, 3.63) is 23.2 Å². The Hall–Kier alpha value is -1.14. The zero-order valence-electron chi connectivity index (χ0n) is 9.89. The van der Waals surface area contributed by atoms with Gasteiger partial charge in [0.05, 0.1) is 5.75 Å². The molecule has 1 atom stereocenters. The lowest BCUT2D eigenvalue weighted by atomic mass is 10.3. The average molecular weight is 260 g/mol. The summed E-state index contributed by atoms with van der Waals surface area (Å²) in [6.07, 6.45) is 0.717. The summed E-state index contributed by atoms with van der Waals surface area (Å²) in [6.45, 7) is 2.23. The average Bonchev–Trinajstić information content (AvgIpc) is 2.60. The predicted octanol–water partition coefficient (Wildman–Crippen LogP) is 1.57. The predicted molar refractivity (Wildman–Crippen MR) is 63.6 cm³/mol. The molecule has 1 N–H and O–H groups in total. The maximum absolute atomic E-state index is 11.6. The molecule has 5 nitrogen and oxygen atoms in total. The van der Waals surface area contributed by atoms with E-state index in [2.05, 4.69) is 0 Å². The van der Waals surface area contributed by atoms with Crippen LogP contribution in [0.15, 0.2) is 10.5 Å². The van der Waals surface area contributed by atoms with E-state index in [0.29, 0.717) is 30.1 Å². The van der Waals surface area contributed by atoms with Crippen LogP contribution in [0.3, 0.4) is 0 Å². The summed E-state index contributed by atoms with van der Waals surface area (Å²) in [5.74, 6) is 0.0526. The quantitative estimate of drug-likeness (QED) is 0.753. The molecule has 0 aliphatic carbocycles. The van der Waals surface area contributed by atoms with Crippen molar-refractivity contribution >= 4 is 16.8 Å². The number of carboxylic acids is 1. The van der Waals surface area contributed by atoms with Gasteiger partial charge in [-0.05, 0) is 19.4 Å². The van der Waals surface area contributed by atoms with Crippen LogP contribution in [0, 0.1) is 6.92 Å². The van der Waals surface area contributed by atoms with E-state index in [0.717, 1.165) is 0 Å². The Morgan fingerprint density at radius 2 is 2.29 bits per heavy atom. The highest BCUT2D eigenvalue weighted by molar-refractivity contribution is 7.84. The second-order valence-electron chi connectivity index (χ2n) is 3.66. The fourth-order valence-electron chi connectivity index (χ4n) is 1.43. The van der Waals surface area contributed by atoms with Crippen LogP contribution in [0.1, 0.15) is 28.3 Å². The Morgan fingerprint density at radius 1 is 1.59 bits per heavy atom. The minimum atomic E-state index is -1.10. The molecular weight excluding hydrogens is 244 g/mol. The standard InChI is InChI=1S/C11H16O5S/c1-8-6-9(16-10(8)11(12)13)7-17(14)5-3-4-15-2/h6H,3-5,7H2,1-2H3,(H,12,13). The molecule has 0 saturated heterocycles. The van der Waals surface area contributed by atoms with Crippen LogP contribution >= 0.6 is 0 Å². The van der Waals surface area contributed by atoms with E-state index in [9.17, 15) is 9.00 Å². The number of rotatable bonds is 7. The lowest BCUT2D eigenvalue weighted by Crippen LogP contribution is -2.03. The zero-order valence-corrected chi connectivity index (χ0v) is 10.7. The molecule has 1 heterocycles. The van der Waals surface area contributed by atoms with Gasteiger partial charge < -0.3 is 14.3 Å². The van der Waals surface area contributed by atoms with Crippen LogP contribution in [-0.4, -0.2) is 34.8 Å². The van der Waals surface area contributed by atoms with E-state index >= 15 is 0 Å². The molecule has 0 amide bonds. The third kappa shape index (κ3) is 4.32. The molecule has 0 aliphatic rings. The fourth-order valence-corrected chi connectivity index (χ4v) is 2.47. The van der Waals surface area contributed by atoms with Crippen molar-refractivity contribution in [2.45, 2.75) is 19.1 Å². The molecular formula is C11H16O5S. The van der Waals surface area contributed by atoms with E-state index in [1.165, 1.54) is 0 Å². The van der Waals surface area contributed by atoms with Gasteiger partial charge in [-0.3, -0.25) is 4.21 Å². The van der Waals surface area contributed by atoms with Gasteiger partial charge in [0, 0.05) is 35.8 Å². The number of hydrogen-bond donors (Lipinski definition) is 1. The summed E-state index contributed by atoms with van der Waals surface area (Å²) in [7, 11) is 0.548. The van der Waals surface area contributed by atoms with Crippen molar-refractivity contribution in [2.75, 3.05) is 19.5 Å². The monoisotopic (exact) mass is 260 g/mol. The largest absolute Gasteiger partial charge is 0.475 e. The van der Waals surface area contributed by atoms with E-state index in [1.807, 2.05) is 0 Å². The van der Waals surface area contributed by atoms with Crippen LogP contribution in [0.5, 0.6) is 0 Å². The third-order valence-electron chi connectivity index (χ3n) is 2.19. The summed E-state index contributed by atoms with van der Waals surface area (Å²) in [5, 5.41) is 8.80. The molecule has 1 unspecified atom stereocenters. The van der Waals surface area contributed by atoms with Gasteiger partial charge in [0.15, 0.2) is 0 Å². The van der Waals surface area contributed by atoms with Gasteiger partial charge in [-0.15, -0.1) is 0 Å². The van der Waals surface area contributed by atoms with Crippen LogP contribution in [-0.2, 0) is 21.3 Å². The Morgan fingerprint density at radius 3 is 2.82 bits per heavy atom. The van der Waals surface area contributed by atoms with Crippen LogP contribution < -0.4 is 0 Å². The topological polar surface area (TPSA) is 76.7 Å². The van der Waals surface area contributed by atoms with E-state index < -0.39 is 16.8 Å². The van der Waals surface area contributed by atoms with Crippen molar-refractivity contribution in [1.29, 1.82) is 0 Å². The van der Waals surface area contributed by atoms with Gasteiger partial charge in [0.2, 0.25) is 5.76 Å². The van der Waals surface area contributed by atoms with E-state index in [1.54, 1.807) is 20.1 Å². The number of aryl methyl sites for hydroxylation is 1. The smallest absolute Gasteiger partial charge is 0.372 e. The van der Waals surface area contributed by atoms with Crippen molar-refractivity contribution in [1.82, 2.24) is 0 Å². The SMILES string of the molecule is COCCCS(=O)Cc1cc(C)c(C(=O)O)o1. The number of carbonyl (C=O) groups is 1. The highest BCUT2D eigenvalue weighted by Gasteiger charge is 2.15. The normalized spacial score (nSPS) is 12.6. The minimum Gasteiger partial charge on any atom is -0.475 e.